The van der Waals surface area contributed by atoms with E-state index in [1.807, 2.05) is 18.4 Å². The highest BCUT2D eigenvalue weighted by atomic mass is 32.2. The second kappa shape index (κ2) is 5.77. The zero-order valence-electron chi connectivity index (χ0n) is 12.9. The Bertz CT molecular complexity index is 827. The predicted molar refractivity (Wildman–Crippen MR) is 86.9 cm³/mol. The van der Waals surface area contributed by atoms with Gasteiger partial charge < -0.3 is 4.74 Å². The normalized spacial score (nSPS) is 20.1. The van der Waals surface area contributed by atoms with Crippen molar-refractivity contribution in [3.8, 4) is 5.75 Å². The molecule has 0 saturated carbocycles. The van der Waals surface area contributed by atoms with E-state index in [9.17, 15) is 8.42 Å². The molecule has 2 aromatic rings. The van der Waals surface area contributed by atoms with Crippen LogP contribution in [0.1, 0.15) is 17.0 Å². The Morgan fingerprint density at radius 1 is 1.30 bits per heavy atom. The van der Waals surface area contributed by atoms with Crippen molar-refractivity contribution < 1.29 is 17.3 Å². The molecule has 1 atom stereocenters. The van der Waals surface area contributed by atoms with Crippen molar-refractivity contribution in [2.75, 3.05) is 13.4 Å². The lowest BCUT2D eigenvalue weighted by Crippen LogP contribution is -2.42. The first-order valence-electron chi connectivity index (χ1n) is 6.89. The molecule has 1 unspecified atom stereocenters. The van der Waals surface area contributed by atoms with Gasteiger partial charge in [-0.05, 0) is 30.9 Å². The molecular formula is C15H16N2O4S2. The fourth-order valence-electron chi connectivity index (χ4n) is 2.59. The van der Waals surface area contributed by atoms with Gasteiger partial charge in [-0.2, -0.15) is 8.42 Å². The molecule has 0 saturated heterocycles. The van der Waals surface area contributed by atoms with Crippen molar-refractivity contribution >= 4 is 21.9 Å². The Morgan fingerprint density at radius 2 is 2.04 bits per heavy atom. The monoisotopic (exact) mass is 352 g/mol. The van der Waals surface area contributed by atoms with Crippen LogP contribution in [0.3, 0.4) is 0 Å². The molecule has 1 aromatic carbocycles. The summed E-state index contributed by atoms with van der Waals surface area (Å²) in [5.41, 5.74) is 1.76. The summed E-state index contributed by atoms with van der Waals surface area (Å²) in [5.74, 6) is 0.523. The summed E-state index contributed by atoms with van der Waals surface area (Å²) in [6.45, 7) is 1.79. The molecule has 3 rings (SSSR count). The molecule has 0 radical (unpaired) electrons. The zero-order chi connectivity index (χ0) is 16.7. The summed E-state index contributed by atoms with van der Waals surface area (Å²) < 4.78 is 36.1. The van der Waals surface area contributed by atoms with Crippen molar-refractivity contribution in [1.82, 2.24) is 9.97 Å². The predicted octanol–water partition coefficient (Wildman–Crippen LogP) is 2.27. The number of para-hydroxylation sites is 1. The summed E-state index contributed by atoms with van der Waals surface area (Å²) in [5, 5.41) is 0.491. The number of rotatable bonds is 4. The van der Waals surface area contributed by atoms with Gasteiger partial charge in [0.25, 0.3) is 4.93 Å². The maximum absolute atomic E-state index is 12.7. The molecule has 1 aliphatic rings. The van der Waals surface area contributed by atoms with Gasteiger partial charge in [-0.25, -0.2) is 9.97 Å². The smallest absolute Gasteiger partial charge is 0.315 e. The standard InChI is InChI=1S/C15H16N2O4S2/c1-10-8-13(17-14(16-10)22-3)15(23(18,19)20-2)9-11-6-4-5-7-12(11)21-15/h4-8H,9H2,1-3H3. The van der Waals surface area contributed by atoms with Gasteiger partial charge in [0.05, 0.1) is 7.11 Å². The lowest BCUT2D eigenvalue weighted by atomic mass is 10.1. The molecule has 23 heavy (non-hydrogen) atoms. The number of ether oxygens (including phenoxy) is 1. The molecule has 8 heteroatoms. The zero-order valence-corrected chi connectivity index (χ0v) is 14.6. The summed E-state index contributed by atoms with van der Waals surface area (Å²) in [6, 6.07) is 8.85. The molecule has 0 N–H and O–H groups in total. The Balaban J connectivity index is 2.22. The van der Waals surface area contributed by atoms with Gasteiger partial charge in [0, 0.05) is 12.1 Å². The summed E-state index contributed by atoms with van der Waals surface area (Å²) in [7, 11) is -2.91. The first-order chi connectivity index (χ1) is 10.9. The third-order valence-corrected chi connectivity index (χ3v) is 5.93. The van der Waals surface area contributed by atoms with Gasteiger partial charge in [0.1, 0.15) is 11.4 Å². The molecule has 122 valence electrons. The van der Waals surface area contributed by atoms with E-state index in [2.05, 4.69) is 9.97 Å². The molecule has 6 nitrogen and oxygen atoms in total. The highest BCUT2D eigenvalue weighted by molar-refractivity contribution is 7.98. The maximum atomic E-state index is 12.7. The summed E-state index contributed by atoms with van der Waals surface area (Å²) in [6.07, 6.45) is 1.98. The van der Waals surface area contributed by atoms with Crippen molar-refractivity contribution in [3.63, 3.8) is 0 Å². The van der Waals surface area contributed by atoms with Crippen LogP contribution in [0.15, 0.2) is 35.5 Å². The Labute approximate surface area is 139 Å². The topological polar surface area (TPSA) is 78.4 Å². The lowest BCUT2D eigenvalue weighted by molar-refractivity contribution is 0.156. The van der Waals surface area contributed by atoms with Crippen LogP contribution in [0, 0.1) is 6.92 Å². The minimum atomic E-state index is -4.04. The van der Waals surface area contributed by atoms with Crippen molar-refractivity contribution in [1.29, 1.82) is 0 Å². The summed E-state index contributed by atoms with van der Waals surface area (Å²) in [4.78, 5) is 6.95. The third kappa shape index (κ3) is 2.60. The van der Waals surface area contributed by atoms with E-state index in [1.54, 1.807) is 25.1 Å². The number of hydrogen-bond acceptors (Lipinski definition) is 7. The fourth-order valence-corrected chi connectivity index (χ4v) is 4.17. The van der Waals surface area contributed by atoms with E-state index in [-0.39, 0.29) is 12.1 Å². The first kappa shape index (κ1) is 16.2. The van der Waals surface area contributed by atoms with Crippen LogP contribution in [0.25, 0.3) is 0 Å². The number of hydrogen-bond donors (Lipinski definition) is 0. The Morgan fingerprint density at radius 3 is 2.70 bits per heavy atom. The average Bonchev–Trinajstić information content (AvgIpc) is 2.95. The molecule has 0 spiro atoms. The van der Waals surface area contributed by atoms with E-state index < -0.39 is 15.1 Å². The molecule has 2 heterocycles. The third-order valence-electron chi connectivity index (χ3n) is 3.70. The van der Waals surface area contributed by atoms with Crippen LogP contribution >= 0.6 is 11.8 Å². The van der Waals surface area contributed by atoms with Gasteiger partial charge in [0.2, 0.25) is 0 Å². The van der Waals surface area contributed by atoms with Crippen LogP contribution < -0.4 is 4.74 Å². The highest BCUT2D eigenvalue weighted by Gasteiger charge is 2.54. The molecule has 0 aliphatic carbocycles. The van der Waals surface area contributed by atoms with Crippen LogP contribution in [0.4, 0.5) is 0 Å². The highest BCUT2D eigenvalue weighted by Crippen LogP contribution is 2.45. The second-order valence-electron chi connectivity index (χ2n) is 5.14. The molecule has 0 amide bonds. The first-order valence-corrected chi connectivity index (χ1v) is 9.52. The molecule has 1 aromatic heterocycles. The Kier molecular flexibility index (Phi) is 4.07. The molecular weight excluding hydrogens is 336 g/mol. The van der Waals surface area contributed by atoms with E-state index in [1.165, 1.54) is 11.8 Å². The van der Waals surface area contributed by atoms with Gasteiger partial charge >= 0.3 is 10.1 Å². The molecule has 0 fully saturated rings. The molecule has 0 bridgehead atoms. The molecule has 1 aliphatic heterocycles. The number of aryl methyl sites for hydroxylation is 1. The van der Waals surface area contributed by atoms with Gasteiger partial charge in [-0.3, -0.25) is 4.18 Å². The van der Waals surface area contributed by atoms with Crippen LogP contribution in [0.5, 0.6) is 5.75 Å². The van der Waals surface area contributed by atoms with Crippen molar-refractivity contribution in [3.05, 3.63) is 47.3 Å². The van der Waals surface area contributed by atoms with E-state index in [0.29, 0.717) is 16.6 Å². The van der Waals surface area contributed by atoms with Crippen LogP contribution in [0.2, 0.25) is 0 Å². The van der Waals surface area contributed by atoms with Gasteiger partial charge in [-0.1, -0.05) is 30.0 Å². The lowest BCUT2D eigenvalue weighted by Gasteiger charge is -2.26. The minimum Gasteiger partial charge on any atom is -0.462 e. The quantitative estimate of drug-likeness (QED) is 0.474. The minimum absolute atomic E-state index is 0.142. The second-order valence-corrected chi connectivity index (χ2v) is 7.82. The fraction of sp³-hybridized carbons (Fsp3) is 0.333. The van der Waals surface area contributed by atoms with Gasteiger partial charge in [0.15, 0.2) is 5.16 Å². The van der Waals surface area contributed by atoms with Crippen molar-refractivity contribution in [2.45, 2.75) is 23.4 Å². The average molecular weight is 352 g/mol. The number of nitrogens with zero attached hydrogens (tertiary/aromatic N) is 2. The van der Waals surface area contributed by atoms with Gasteiger partial charge in [-0.15, -0.1) is 0 Å². The number of fused-ring (bicyclic) bond motifs is 1. The van der Waals surface area contributed by atoms with E-state index in [0.717, 1.165) is 12.7 Å². The van der Waals surface area contributed by atoms with E-state index >= 15 is 0 Å². The largest absolute Gasteiger partial charge is 0.462 e. The van der Waals surface area contributed by atoms with Crippen LogP contribution in [-0.4, -0.2) is 31.8 Å². The number of thioether (sulfide) groups is 1. The number of benzene rings is 1. The SMILES string of the molecule is COS(=O)(=O)C1(c2cc(C)nc(SC)n2)Cc2ccccc2O1. The van der Waals surface area contributed by atoms with E-state index in [4.69, 9.17) is 8.92 Å². The van der Waals surface area contributed by atoms with Crippen molar-refractivity contribution in [2.24, 2.45) is 0 Å². The number of aromatic nitrogens is 2. The maximum Gasteiger partial charge on any atom is 0.315 e. The van der Waals surface area contributed by atoms with Crippen LogP contribution in [-0.2, 0) is 25.7 Å². The Hall–Kier alpha value is -1.64. The summed E-state index contributed by atoms with van der Waals surface area (Å²) >= 11 is 1.34.